The molecule has 0 aromatic carbocycles. The molecule has 7 heteroatoms. The van der Waals surface area contributed by atoms with Gasteiger partial charge in [-0.3, -0.25) is 14.6 Å². The fourth-order valence-corrected chi connectivity index (χ4v) is 2.60. The summed E-state index contributed by atoms with van der Waals surface area (Å²) in [6, 6.07) is 0. The van der Waals surface area contributed by atoms with Gasteiger partial charge in [-0.25, -0.2) is 4.98 Å². The normalized spacial score (nSPS) is 16.0. The van der Waals surface area contributed by atoms with Crippen molar-refractivity contribution in [2.75, 3.05) is 24.5 Å². The molecule has 23 heavy (non-hydrogen) atoms. The maximum absolute atomic E-state index is 12.2. The third-order valence-corrected chi connectivity index (χ3v) is 3.68. The van der Waals surface area contributed by atoms with Crippen LogP contribution in [0.3, 0.4) is 0 Å². The lowest BCUT2D eigenvalue weighted by molar-refractivity contribution is -0.129. The second-order valence-corrected chi connectivity index (χ2v) is 6.84. The largest absolute Gasteiger partial charge is 0.355 e. The molecule has 0 radical (unpaired) electrons. The smallest absolute Gasteiger partial charge is 0.239 e. The fourth-order valence-electron chi connectivity index (χ4n) is 2.60. The number of carbonyl (C=O) groups is 2. The zero-order valence-electron chi connectivity index (χ0n) is 14.0. The van der Waals surface area contributed by atoms with Gasteiger partial charge in [0.2, 0.25) is 11.8 Å². The van der Waals surface area contributed by atoms with Gasteiger partial charge in [0, 0.05) is 36.9 Å². The first-order valence-corrected chi connectivity index (χ1v) is 7.95. The van der Waals surface area contributed by atoms with Crippen LogP contribution < -0.4 is 15.5 Å². The molecule has 0 bridgehead atoms. The number of anilines is 1. The molecule has 0 unspecified atom stereocenters. The van der Waals surface area contributed by atoms with Gasteiger partial charge in [0.15, 0.2) is 0 Å². The molecule has 7 nitrogen and oxygen atoms in total. The Bertz CT molecular complexity index is 533. The van der Waals surface area contributed by atoms with E-state index in [9.17, 15) is 9.59 Å². The lowest BCUT2D eigenvalue weighted by atomic mass is 9.96. The third-order valence-electron chi connectivity index (χ3n) is 3.68. The van der Waals surface area contributed by atoms with Gasteiger partial charge in [-0.05, 0) is 33.6 Å². The van der Waals surface area contributed by atoms with Gasteiger partial charge < -0.3 is 15.5 Å². The maximum atomic E-state index is 12.2. The van der Waals surface area contributed by atoms with Crippen molar-refractivity contribution in [1.82, 2.24) is 20.6 Å². The minimum absolute atomic E-state index is 0.0283. The Balaban J connectivity index is 1.74. The summed E-state index contributed by atoms with van der Waals surface area (Å²) >= 11 is 0. The van der Waals surface area contributed by atoms with E-state index in [0.717, 1.165) is 31.7 Å². The van der Waals surface area contributed by atoms with Crippen LogP contribution in [0.1, 0.15) is 33.6 Å². The number of nitrogens with one attached hydrogen (secondary N) is 2. The number of piperidine rings is 1. The predicted octanol–water partition coefficient (Wildman–Crippen LogP) is 0.724. The second-order valence-electron chi connectivity index (χ2n) is 6.84. The molecule has 2 amide bonds. The van der Waals surface area contributed by atoms with Gasteiger partial charge in [0.25, 0.3) is 0 Å². The van der Waals surface area contributed by atoms with E-state index in [4.69, 9.17) is 0 Å². The standard InChI is InChI=1S/C16H25N5O2/c1-16(2,3)20-14(22)11-19-15(23)12-4-8-21(9-5-12)13-10-17-6-7-18-13/h6-7,10,12H,4-5,8-9,11H2,1-3H3,(H,19,23)(H,20,22). The molecule has 1 aliphatic heterocycles. The molecule has 0 spiro atoms. The van der Waals surface area contributed by atoms with Gasteiger partial charge in [-0.2, -0.15) is 0 Å². The number of hydrogen-bond acceptors (Lipinski definition) is 5. The van der Waals surface area contributed by atoms with E-state index in [1.807, 2.05) is 20.8 Å². The average Bonchev–Trinajstić information content (AvgIpc) is 2.52. The summed E-state index contributed by atoms with van der Waals surface area (Å²) in [7, 11) is 0. The zero-order chi connectivity index (χ0) is 16.9. The molecule has 0 saturated carbocycles. The van der Waals surface area contributed by atoms with Crippen molar-refractivity contribution in [3.63, 3.8) is 0 Å². The highest BCUT2D eigenvalue weighted by molar-refractivity contribution is 5.86. The molecule has 1 aromatic rings. The van der Waals surface area contributed by atoms with Crippen molar-refractivity contribution in [2.24, 2.45) is 5.92 Å². The number of amides is 2. The average molecular weight is 319 g/mol. The highest BCUT2D eigenvalue weighted by Crippen LogP contribution is 2.21. The Labute approximate surface area is 136 Å². The molecule has 1 saturated heterocycles. The highest BCUT2D eigenvalue weighted by Gasteiger charge is 2.26. The van der Waals surface area contributed by atoms with E-state index in [0.29, 0.717) is 0 Å². The first kappa shape index (κ1) is 17.2. The van der Waals surface area contributed by atoms with E-state index in [-0.39, 0.29) is 29.8 Å². The monoisotopic (exact) mass is 319 g/mol. The van der Waals surface area contributed by atoms with Crippen molar-refractivity contribution in [2.45, 2.75) is 39.2 Å². The van der Waals surface area contributed by atoms with Crippen LogP contribution in [-0.4, -0.2) is 47.0 Å². The van der Waals surface area contributed by atoms with Crippen LogP contribution >= 0.6 is 0 Å². The number of nitrogens with zero attached hydrogens (tertiary/aromatic N) is 3. The van der Waals surface area contributed by atoms with Crippen LogP contribution in [0.25, 0.3) is 0 Å². The second kappa shape index (κ2) is 7.39. The van der Waals surface area contributed by atoms with Crippen molar-refractivity contribution in [3.05, 3.63) is 18.6 Å². The SMILES string of the molecule is CC(C)(C)NC(=O)CNC(=O)C1CCN(c2cnccn2)CC1. The third kappa shape index (κ3) is 5.50. The predicted molar refractivity (Wildman–Crippen MR) is 87.9 cm³/mol. The Morgan fingerprint density at radius 2 is 1.96 bits per heavy atom. The van der Waals surface area contributed by atoms with Crippen LogP contribution in [0.15, 0.2) is 18.6 Å². The topological polar surface area (TPSA) is 87.2 Å². The number of rotatable bonds is 4. The van der Waals surface area contributed by atoms with E-state index in [2.05, 4.69) is 25.5 Å². The quantitative estimate of drug-likeness (QED) is 0.854. The van der Waals surface area contributed by atoms with Crippen molar-refractivity contribution < 1.29 is 9.59 Å². The van der Waals surface area contributed by atoms with Gasteiger partial charge in [0.1, 0.15) is 5.82 Å². The summed E-state index contributed by atoms with van der Waals surface area (Å²) in [6.45, 7) is 7.30. The van der Waals surface area contributed by atoms with Gasteiger partial charge in [-0.1, -0.05) is 0 Å². The van der Waals surface area contributed by atoms with E-state index in [1.165, 1.54) is 0 Å². The zero-order valence-corrected chi connectivity index (χ0v) is 14.0. The molecule has 0 aliphatic carbocycles. The lowest BCUT2D eigenvalue weighted by Gasteiger charge is -2.31. The molecular weight excluding hydrogens is 294 g/mol. The Morgan fingerprint density at radius 1 is 1.26 bits per heavy atom. The summed E-state index contributed by atoms with van der Waals surface area (Å²) in [4.78, 5) is 34.4. The number of carbonyl (C=O) groups excluding carboxylic acids is 2. The summed E-state index contributed by atoms with van der Waals surface area (Å²) < 4.78 is 0. The minimum Gasteiger partial charge on any atom is -0.355 e. The lowest BCUT2D eigenvalue weighted by Crippen LogP contribution is -2.47. The molecule has 1 aliphatic rings. The molecule has 126 valence electrons. The van der Waals surface area contributed by atoms with Crippen LogP contribution in [-0.2, 0) is 9.59 Å². The summed E-state index contributed by atoms with van der Waals surface area (Å²) in [5.41, 5.74) is -0.288. The van der Waals surface area contributed by atoms with Crippen molar-refractivity contribution in [3.8, 4) is 0 Å². The molecule has 2 rings (SSSR count). The van der Waals surface area contributed by atoms with Crippen LogP contribution in [0.4, 0.5) is 5.82 Å². The first-order valence-electron chi connectivity index (χ1n) is 7.95. The molecule has 2 N–H and O–H groups in total. The fraction of sp³-hybridized carbons (Fsp3) is 0.625. The summed E-state index contributed by atoms with van der Waals surface area (Å²) in [5.74, 6) is 0.581. The molecule has 1 fully saturated rings. The van der Waals surface area contributed by atoms with Crippen molar-refractivity contribution in [1.29, 1.82) is 0 Å². The summed E-state index contributed by atoms with van der Waals surface area (Å²) in [5, 5.41) is 5.56. The molecule has 1 aromatic heterocycles. The van der Waals surface area contributed by atoms with Crippen LogP contribution in [0.2, 0.25) is 0 Å². The molecule has 0 atom stereocenters. The Kier molecular flexibility index (Phi) is 5.52. The minimum atomic E-state index is -0.288. The Morgan fingerprint density at radius 3 is 2.52 bits per heavy atom. The number of aromatic nitrogens is 2. The van der Waals surface area contributed by atoms with Gasteiger partial charge in [0.05, 0.1) is 12.7 Å². The van der Waals surface area contributed by atoms with E-state index < -0.39 is 0 Å². The summed E-state index contributed by atoms with van der Waals surface area (Å²) in [6.07, 6.45) is 6.55. The van der Waals surface area contributed by atoms with Crippen LogP contribution in [0, 0.1) is 5.92 Å². The van der Waals surface area contributed by atoms with E-state index in [1.54, 1.807) is 18.6 Å². The van der Waals surface area contributed by atoms with E-state index >= 15 is 0 Å². The molecular formula is C16H25N5O2. The molecule has 2 heterocycles. The van der Waals surface area contributed by atoms with Crippen molar-refractivity contribution >= 4 is 17.6 Å². The Hall–Kier alpha value is -2.18. The first-order chi connectivity index (χ1) is 10.8. The maximum Gasteiger partial charge on any atom is 0.239 e. The highest BCUT2D eigenvalue weighted by atomic mass is 16.2. The number of hydrogen-bond donors (Lipinski definition) is 2. The van der Waals surface area contributed by atoms with Crippen LogP contribution in [0.5, 0.6) is 0 Å². The van der Waals surface area contributed by atoms with Gasteiger partial charge in [-0.15, -0.1) is 0 Å². The van der Waals surface area contributed by atoms with Gasteiger partial charge >= 0.3 is 0 Å².